The van der Waals surface area contributed by atoms with Gasteiger partial charge in [-0.1, -0.05) is 6.07 Å². The highest BCUT2D eigenvalue weighted by Gasteiger charge is 2.16. The van der Waals surface area contributed by atoms with Crippen LogP contribution in [0.2, 0.25) is 0 Å². The molecule has 0 aliphatic rings. The summed E-state index contributed by atoms with van der Waals surface area (Å²) in [5.41, 5.74) is 0.580. The van der Waals surface area contributed by atoms with Crippen molar-refractivity contribution in [2.45, 2.75) is 0 Å². The zero-order valence-electron chi connectivity index (χ0n) is 10.8. The van der Waals surface area contributed by atoms with Crippen LogP contribution in [-0.4, -0.2) is 48.6 Å². The maximum Gasteiger partial charge on any atom is 0.255 e. The molecule has 1 heterocycles. The van der Waals surface area contributed by atoms with Crippen LogP contribution in [-0.2, 0) is 14.4 Å². The first kappa shape index (κ1) is 14.6. The van der Waals surface area contributed by atoms with Gasteiger partial charge in [-0.2, -0.15) is 0 Å². The number of rotatable bonds is 5. The molecule has 1 rings (SSSR count). The van der Waals surface area contributed by atoms with Crippen LogP contribution < -0.4 is 5.32 Å². The highest BCUT2D eigenvalue weighted by atomic mass is 16.2. The van der Waals surface area contributed by atoms with Gasteiger partial charge in [0.05, 0.1) is 17.8 Å². The highest BCUT2D eigenvalue weighted by molar-refractivity contribution is 6.22. The van der Waals surface area contributed by atoms with Gasteiger partial charge in [-0.25, -0.2) is 0 Å². The maximum atomic E-state index is 12.0. The molecule has 1 aromatic rings. The fourth-order valence-corrected chi connectivity index (χ4v) is 1.33. The second-order valence-electron chi connectivity index (χ2n) is 3.88. The van der Waals surface area contributed by atoms with Crippen molar-refractivity contribution in [2.24, 2.45) is 0 Å². The van der Waals surface area contributed by atoms with Crippen LogP contribution in [0.3, 0.4) is 0 Å². The first-order chi connectivity index (χ1) is 9.06. The summed E-state index contributed by atoms with van der Waals surface area (Å²) in [5, 5.41) is 2.34. The highest BCUT2D eigenvalue weighted by Crippen LogP contribution is 2.13. The van der Waals surface area contributed by atoms with E-state index in [2.05, 4.69) is 10.3 Å². The monoisotopic (exact) mass is 261 g/mol. The summed E-state index contributed by atoms with van der Waals surface area (Å²) < 4.78 is 0. The molecule has 19 heavy (non-hydrogen) atoms. The van der Waals surface area contributed by atoms with Crippen molar-refractivity contribution in [1.29, 1.82) is 0 Å². The standard InChI is InChI=1S/C13H15N3O3/c1-16(2)13(19)10(9-12(18)15-7-8-17)11-5-3-4-6-14-11/h3-6,8-9H,7H2,1-2H3,(H,15,18). The minimum absolute atomic E-state index is 0.0962. The molecular weight excluding hydrogens is 246 g/mol. The smallest absolute Gasteiger partial charge is 0.255 e. The summed E-state index contributed by atoms with van der Waals surface area (Å²) in [6.07, 6.45) is 3.25. The molecule has 0 atom stereocenters. The molecule has 0 aromatic carbocycles. The second kappa shape index (κ2) is 7.05. The van der Waals surface area contributed by atoms with Crippen molar-refractivity contribution in [3.63, 3.8) is 0 Å². The number of hydrogen-bond donors (Lipinski definition) is 1. The number of carbonyl (C=O) groups is 3. The van der Waals surface area contributed by atoms with Crippen molar-refractivity contribution in [2.75, 3.05) is 20.6 Å². The Morgan fingerprint density at radius 3 is 2.63 bits per heavy atom. The van der Waals surface area contributed by atoms with Gasteiger partial charge in [-0.15, -0.1) is 0 Å². The molecule has 0 unspecified atom stereocenters. The molecule has 0 radical (unpaired) electrons. The van der Waals surface area contributed by atoms with E-state index in [1.807, 2.05) is 0 Å². The third kappa shape index (κ3) is 4.34. The Labute approximate surface area is 111 Å². The second-order valence-corrected chi connectivity index (χ2v) is 3.88. The summed E-state index contributed by atoms with van der Waals surface area (Å²) in [5.74, 6) is -0.845. The zero-order valence-corrected chi connectivity index (χ0v) is 10.8. The van der Waals surface area contributed by atoms with Gasteiger partial charge in [0.15, 0.2) is 0 Å². The van der Waals surface area contributed by atoms with Crippen LogP contribution in [0.25, 0.3) is 5.57 Å². The molecule has 2 amide bonds. The largest absolute Gasteiger partial charge is 0.346 e. The lowest BCUT2D eigenvalue weighted by Gasteiger charge is -2.13. The van der Waals surface area contributed by atoms with Gasteiger partial charge in [0.2, 0.25) is 5.91 Å². The normalized spacial score (nSPS) is 10.7. The Hall–Kier alpha value is -2.50. The number of likely N-dealkylation sites (N-methyl/N-ethyl adjacent to an activating group) is 1. The zero-order chi connectivity index (χ0) is 14.3. The number of aromatic nitrogens is 1. The SMILES string of the molecule is CN(C)C(=O)C(=CC(=O)NCC=O)c1ccccn1. The molecule has 6 nitrogen and oxygen atoms in total. The van der Waals surface area contributed by atoms with Gasteiger partial charge in [0, 0.05) is 26.4 Å². The number of pyridine rings is 1. The lowest BCUT2D eigenvalue weighted by molar-refractivity contribution is -0.123. The minimum Gasteiger partial charge on any atom is -0.346 e. The molecule has 0 saturated carbocycles. The van der Waals surface area contributed by atoms with Gasteiger partial charge < -0.3 is 15.0 Å². The molecule has 1 aromatic heterocycles. The molecule has 1 N–H and O–H groups in total. The van der Waals surface area contributed by atoms with Crippen molar-refractivity contribution in [3.8, 4) is 0 Å². The topological polar surface area (TPSA) is 79.4 Å². The fraction of sp³-hybridized carbons (Fsp3) is 0.231. The third-order valence-electron chi connectivity index (χ3n) is 2.21. The number of amides is 2. The van der Waals surface area contributed by atoms with Crippen molar-refractivity contribution in [3.05, 3.63) is 36.2 Å². The van der Waals surface area contributed by atoms with E-state index >= 15 is 0 Å². The van der Waals surface area contributed by atoms with Crippen LogP contribution in [0.5, 0.6) is 0 Å². The fourth-order valence-electron chi connectivity index (χ4n) is 1.33. The van der Waals surface area contributed by atoms with E-state index in [0.717, 1.165) is 6.08 Å². The summed E-state index contributed by atoms with van der Waals surface area (Å²) in [6, 6.07) is 5.08. The number of aldehydes is 1. The number of carbonyl (C=O) groups excluding carboxylic acids is 3. The Kier molecular flexibility index (Phi) is 5.40. The predicted molar refractivity (Wildman–Crippen MR) is 70.0 cm³/mol. The van der Waals surface area contributed by atoms with Gasteiger partial charge in [0.1, 0.15) is 6.29 Å². The van der Waals surface area contributed by atoms with E-state index in [1.54, 1.807) is 32.3 Å². The number of nitrogens with zero attached hydrogens (tertiary/aromatic N) is 2. The summed E-state index contributed by atoms with van der Waals surface area (Å²) in [7, 11) is 3.17. The Morgan fingerprint density at radius 1 is 1.37 bits per heavy atom. The molecule has 6 heteroatoms. The van der Waals surface area contributed by atoms with E-state index in [0.29, 0.717) is 12.0 Å². The van der Waals surface area contributed by atoms with E-state index in [4.69, 9.17) is 0 Å². The lowest BCUT2D eigenvalue weighted by Crippen LogP contribution is -2.27. The lowest BCUT2D eigenvalue weighted by atomic mass is 10.1. The number of nitrogens with one attached hydrogen (secondary N) is 1. The van der Waals surface area contributed by atoms with Gasteiger partial charge in [0.25, 0.3) is 5.91 Å². The summed E-state index contributed by atoms with van der Waals surface area (Å²) in [4.78, 5) is 39.2. The molecule has 0 fully saturated rings. The molecule has 0 bridgehead atoms. The van der Waals surface area contributed by atoms with Gasteiger partial charge >= 0.3 is 0 Å². The van der Waals surface area contributed by atoms with Gasteiger partial charge in [-0.3, -0.25) is 14.6 Å². The van der Waals surface area contributed by atoms with Gasteiger partial charge in [-0.05, 0) is 12.1 Å². The van der Waals surface area contributed by atoms with E-state index in [9.17, 15) is 14.4 Å². The molecule has 0 aliphatic carbocycles. The van der Waals surface area contributed by atoms with Crippen molar-refractivity contribution >= 4 is 23.7 Å². The third-order valence-corrected chi connectivity index (χ3v) is 2.21. The summed E-state index contributed by atoms with van der Waals surface area (Å²) in [6.45, 7) is -0.0962. The average molecular weight is 261 g/mol. The van der Waals surface area contributed by atoms with E-state index in [1.165, 1.54) is 11.1 Å². The Bertz CT molecular complexity index is 495. The molecule has 0 spiro atoms. The molecular formula is C13H15N3O3. The van der Waals surface area contributed by atoms with Crippen LogP contribution in [0, 0.1) is 0 Å². The maximum absolute atomic E-state index is 12.0. The quantitative estimate of drug-likeness (QED) is 0.591. The van der Waals surface area contributed by atoms with Crippen molar-refractivity contribution < 1.29 is 14.4 Å². The van der Waals surface area contributed by atoms with Crippen molar-refractivity contribution in [1.82, 2.24) is 15.2 Å². The predicted octanol–water partition coefficient (Wildman–Crippen LogP) is -0.132. The Morgan fingerprint density at radius 2 is 2.11 bits per heavy atom. The Balaban J connectivity index is 3.06. The first-order valence-electron chi connectivity index (χ1n) is 5.62. The summed E-state index contributed by atoms with van der Waals surface area (Å²) >= 11 is 0. The first-order valence-corrected chi connectivity index (χ1v) is 5.62. The average Bonchev–Trinajstić information content (AvgIpc) is 2.42. The molecule has 100 valence electrons. The number of hydrogen-bond acceptors (Lipinski definition) is 4. The molecule has 0 aliphatic heterocycles. The molecule has 0 saturated heterocycles. The minimum atomic E-state index is -0.511. The van der Waals surface area contributed by atoms with Crippen LogP contribution in [0.1, 0.15) is 5.69 Å². The van der Waals surface area contributed by atoms with Crippen LogP contribution in [0.4, 0.5) is 0 Å². The van der Waals surface area contributed by atoms with E-state index in [-0.39, 0.29) is 18.0 Å². The van der Waals surface area contributed by atoms with Crippen LogP contribution >= 0.6 is 0 Å². The van der Waals surface area contributed by atoms with Crippen LogP contribution in [0.15, 0.2) is 30.5 Å². The van der Waals surface area contributed by atoms with E-state index < -0.39 is 5.91 Å².